The summed E-state index contributed by atoms with van der Waals surface area (Å²) in [6, 6.07) is 7.75. The molecule has 0 aliphatic carbocycles. The predicted molar refractivity (Wildman–Crippen MR) is 68.5 cm³/mol. The molecule has 1 N–H and O–H groups in total. The standard InChI is InChI=1S/C11H10N2O.C2H5N/c1-14-11-5-3-2-4-9(11)10-8-12-6-7-13-10;1-2-3/h2-8H,1H3;2-3H,1H3. The van der Waals surface area contributed by atoms with Crippen LogP contribution in [0.3, 0.4) is 0 Å². The molecule has 0 saturated carbocycles. The van der Waals surface area contributed by atoms with E-state index in [4.69, 9.17) is 10.1 Å². The molecule has 1 aromatic heterocycles. The van der Waals surface area contributed by atoms with E-state index in [9.17, 15) is 0 Å². The quantitative estimate of drug-likeness (QED) is 0.805. The van der Waals surface area contributed by atoms with Gasteiger partial charge >= 0.3 is 0 Å². The predicted octanol–water partition coefficient (Wildman–Crippen LogP) is 2.81. The summed E-state index contributed by atoms with van der Waals surface area (Å²) in [5.74, 6) is 0.813. The molecule has 2 rings (SSSR count). The largest absolute Gasteiger partial charge is 0.496 e. The van der Waals surface area contributed by atoms with E-state index in [-0.39, 0.29) is 0 Å². The number of nitrogens with one attached hydrogen (secondary N) is 1. The van der Waals surface area contributed by atoms with Gasteiger partial charge in [-0.25, -0.2) is 0 Å². The summed E-state index contributed by atoms with van der Waals surface area (Å²) < 4.78 is 5.23. The van der Waals surface area contributed by atoms with Crippen LogP contribution in [-0.2, 0) is 0 Å². The lowest BCUT2D eigenvalue weighted by molar-refractivity contribution is 0.416. The number of rotatable bonds is 2. The molecule has 0 fully saturated rings. The molecular formula is C13H15N3O. The molecule has 88 valence electrons. The van der Waals surface area contributed by atoms with Gasteiger partial charge in [-0.05, 0) is 25.3 Å². The average Bonchev–Trinajstić information content (AvgIpc) is 2.40. The summed E-state index contributed by atoms with van der Waals surface area (Å²) in [6.07, 6.45) is 6.29. The summed E-state index contributed by atoms with van der Waals surface area (Å²) in [4.78, 5) is 8.23. The first kappa shape index (κ1) is 12.8. The van der Waals surface area contributed by atoms with Gasteiger partial charge in [-0.3, -0.25) is 9.97 Å². The highest BCUT2D eigenvalue weighted by atomic mass is 16.5. The van der Waals surface area contributed by atoms with Crippen molar-refractivity contribution in [2.24, 2.45) is 0 Å². The van der Waals surface area contributed by atoms with E-state index in [1.54, 1.807) is 32.6 Å². The molecule has 0 saturated heterocycles. The van der Waals surface area contributed by atoms with Gasteiger partial charge in [0, 0.05) is 18.0 Å². The zero-order valence-corrected chi connectivity index (χ0v) is 9.92. The van der Waals surface area contributed by atoms with Gasteiger partial charge in [-0.15, -0.1) is 0 Å². The Kier molecular flexibility index (Phi) is 5.37. The zero-order chi connectivity index (χ0) is 12.5. The Morgan fingerprint density at radius 1 is 1.24 bits per heavy atom. The highest BCUT2D eigenvalue weighted by Crippen LogP contribution is 2.26. The third-order valence-electron chi connectivity index (χ3n) is 1.95. The van der Waals surface area contributed by atoms with E-state index in [1.165, 1.54) is 6.21 Å². The molecule has 2 aromatic rings. The van der Waals surface area contributed by atoms with E-state index in [0.717, 1.165) is 17.0 Å². The average molecular weight is 229 g/mol. The third-order valence-corrected chi connectivity index (χ3v) is 1.95. The minimum Gasteiger partial charge on any atom is -0.496 e. The van der Waals surface area contributed by atoms with Gasteiger partial charge < -0.3 is 10.1 Å². The van der Waals surface area contributed by atoms with Gasteiger partial charge in [0.2, 0.25) is 0 Å². The van der Waals surface area contributed by atoms with Crippen LogP contribution in [0.5, 0.6) is 5.75 Å². The lowest BCUT2D eigenvalue weighted by Gasteiger charge is -2.05. The Bertz CT molecular complexity index is 457. The first-order valence-electron chi connectivity index (χ1n) is 5.18. The summed E-state index contributed by atoms with van der Waals surface area (Å²) in [5, 5.41) is 6.08. The second kappa shape index (κ2) is 7.11. The topological polar surface area (TPSA) is 58.9 Å². The third kappa shape index (κ3) is 3.68. The number of para-hydroxylation sites is 1. The number of aromatic nitrogens is 2. The van der Waals surface area contributed by atoms with Crippen LogP contribution in [-0.4, -0.2) is 23.3 Å². The maximum Gasteiger partial charge on any atom is 0.128 e. The summed E-state index contributed by atoms with van der Waals surface area (Å²) in [5.41, 5.74) is 1.79. The number of methoxy groups -OCH3 is 1. The molecule has 1 heterocycles. The Morgan fingerprint density at radius 2 is 1.94 bits per heavy atom. The van der Waals surface area contributed by atoms with Gasteiger partial charge in [0.05, 0.1) is 19.0 Å². The molecule has 1 aromatic carbocycles. The van der Waals surface area contributed by atoms with Crippen molar-refractivity contribution in [3.05, 3.63) is 42.9 Å². The van der Waals surface area contributed by atoms with Crippen molar-refractivity contribution >= 4 is 6.21 Å². The van der Waals surface area contributed by atoms with Crippen LogP contribution < -0.4 is 4.74 Å². The number of hydrogen-bond acceptors (Lipinski definition) is 4. The van der Waals surface area contributed by atoms with Crippen LogP contribution in [0.15, 0.2) is 42.9 Å². The maximum absolute atomic E-state index is 6.08. The Labute approximate surface area is 101 Å². The summed E-state index contributed by atoms with van der Waals surface area (Å²) in [7, 11) is 1.65. The van der Waals surface area contributed by atoms with Gasteiger partial charge in [-0.2, -0.15) is 0 Å². The van der Waals surface area contributed by atoms with Crippen molar-refractivity contribution in [2.75, 3.05) is 7.11 Å². The van der Waals surface area contributed by atoms with Gasteiger partial charge in [0.1, 0.15) is 5.75 Å². The van der Waals surface area contributed by atoms with Crippen molar-refractivity contribution in [2.45, 2.75) is 6.92 Å². The van der Waals surface area contributed by atoms with Gasteiger partial charge in [0.25, 0.3) is 0 Å². The smallest absolute Gasteiger partial charge is 0.128 e. The highest BCUT2D eigenvalue weighted by molar-refractivity contribution is 5.65. The van der Waals surface area contributed by atoms with E-state index >= 15 is 0 Å². The number of nitrogens with zero attached hydrogens (tertiary/aromatic N) is 2. The van der Waals surface area contributed by atoms with Crippen molar-refractivity contribution < 1.29 is 4.74 Å². The Morgan fingerprint density at radius 3 is 2.53 bits per heavy atom. The normalized spacial score (nSPS) is 8.82. The fraction of sp³-hybridized carbons (Fsp3) is 0.154. The van der Waals surface area contributed by atoms with Crippen molar-refractivity contribution in [3.8, 4) is 17.0 Å². The molecule has 17 heavy (non-hydrogen) atoms. The van der Waals surface area contributed by atoms with Crippen molar-refractivity contribution in [1.29, 1.82) is 5.41 Å². The Balaban J connectivity index is 0.000000437. The molecule has 0 bridgehead atoms. The first-order valence-corrected chi connectivity index (χ1v) is 5.18. The molecular weight excluding hydrogens is 214 g/mol. The number of ether oxygens (including phenoxy) is 1. The second-order valence-electron chi connectivity index (χ2n) is 3.08. The number of hydrogen-bond donors (Lipinski definition) is 1. The van der Waals surface area contributed by atoms with Crippen LogP contribution in [0.2, 0.25) is 0 Å². The minimum absolute atomic E-state index is 0.813. The van der Waals surface area contributed by atoms with Crippen molar-refractivity contribution in [3.63, 3.8) is 0 Å². The summed E-state index contributed by atoms with van der Waals surface area (Å²) in [6.45, 7) is 1.67. The van der Waals surface area contributed by atoms with Crippen LogP contribution >= 0.6 is 0 Å². The first-order chi connectivity index (χ1) is 8.33. The fourth-order valence-electron chi connectivity index (χ4n) is 1.29. The van der Waals surface area contributed by atoms with Crippen LogP contribution in [0, 0.1) is 5.41 Å². The van der Waals surface area contributed by atoms with E-state index in [2.05, 4.69) is 9.97 Å². The highest BCUT2D eigenvalue weighted by Gasteiger charge is 2.04. The van der Waals surface area contributed by atoms with E-state index < -0.39 is 0 Å². The molecule has 0 atom stereocenters. The lowest BCUT2D eigenvalue weighted by Crippen LogP contribution is -1.89. The summed E-state index contributed by atoms with van der Waals surface area (Å²) >= 11 is 0. The Hall–Kier alpha value is -2.23. The van der Waals surface area contributed by atoms with Crippen LogP contribution in [0.1, 0.15) is 6.92 Å². The minimum atomic E-state index is 0.813. The maximum atomic E-state index is 6.08. The molecule has 0 aliphatic heterocycles. The lowest BCUT2D eigenvalue weighted by atomic mass is 10.1. The van der Waals surface area contributed by atoms with Gasteiger partial charge in [-0.1, -0.05) is 12.1 Å². The van der Waals surface area contributed by atoms with E-state index in [0.29, 0.717) is 0 Å². The SMILES string of the molecule is CC=N.COc1ccccc1-c1cnccn1. The van der Waals surface area contributed by atoms with E-state index in [1.807, 2.05) is 24.3 Å². The molecule has 0 amide bonds. The molecule has 0 spiro atoms. The number of benzene rings is 1. The molecule has 4 nitrogen and oxygen atoms in total. The monoisotopic (exact) mass is 229 g/mol. The second-order valence-corrected chi connectivity index (χ2v) is 3.08. The van der Waals surface area contributed by atoms with Crippen molar-refractivity contribution in [1.82, 2.24) is 9.97 Å². The fourth-order valence-corrected chi connectivity index (χ4v) is 1.29. The molecule has 4 heteroatoms. The van der Waals surface area contributed by atoms with Crippen LogP contribution in [0.4, 0.5) is 0 Å². The van der Waals surface area contributed by atoms with Crippen LogP contribution in [0.25, 0.3) is 11.3 Å². The zero-order valence-electron chi connectivity index (χ0n) is 9.92. The van der Waals surface area contributed by atoms with Gasteiger partial charge in [0.15, 0.2) is 0 Å². The molecule has 0 radical (unpaired) electrons. The molecule has 0 unspecified atom stereocenters. The molecule has 0 aliphatic rings.